The molecule has 1 aromatic heterocycles. The van der Waals surface area contributed by atoms with Crippen LogP contribution in [0.3, 0.4) is 0 Å². The molecule has 2 heterocycles. The van der Waals surface area contributed by atoms with Gasteiger partial charge in [0.1, 0.15) is 12.9 Å². The quantitative estimate of drug-likeness (QED) is 0.200. The third-order valence-corrected chi connectivity index (χ3v) is 7.61. The summed E-state index contributed by atoms with van der Waals surface area (Å²) in [6.45, 7) is 4.46. The van der Waals surface area contributed by atoms with Crippen LogP contribution in [-0.4, -0.2) is 0 Å². The lowest BCUT2D eigenvalue weighted by Gasteiger charge is -2.24. The van der Waals surface area contributed by atoms with Crippen molar-refractivity contribution in [3.63, 3.8) is 0 Å². The summed E-state index contributed by atoms with van der Waals surface area (Å²) in [5, 5.41) is 7.12. The Kier molecular flexibility index (Phi) is 3.40. The van der Waals surface area contributed by atoms with Crippen molar-refractivity contribution < 1.29 is 8.96 Å². The van der Waals surface area contributed by atoms with Gasteiger partial charge in [-0.3, -0.25) is 0 Å². The molecule has 6 rings (SSSR count). The van der Waals surface area contributed by atoms with Crippen LogP contribution in [0.2, 0.25) is 0 Å². The predicted molar refractivity (Wildman–Crippen MR) is 119 cm³/mol. The first-order valence-electron chi connectivity index (χ1n) is 9.79. The highest BCUT2D eigenvalue weighted by Crippen LogP contribution is 2.53. The number of rotatable bonds is 0. The van der Waals surface area contributed by atoms with E-state index >= 15 is 0 Å². The second kappa shape index (κ2) is 5.80. The SMILES string of the molecule is Cc1c2c(c(C)c3ccccc13)-c1c3c(c4ccc(F)cc4cc3cc[n+]1C)S2. The van der Waals surface area contributed by atoms with Crippen LogP contribution in [-0.2, 0) is 7.05 Å². The van der Waals surface area contributed by atoms with Crippen molar-refractivity contribution >= 4 is 44.1 Å². The van der Waals surface area contributed by atoms with Crippen molar-refractivity contribution in [2.45, 2.75) is 23.6 Å². The fourth-order valence-electron chi connectivity index (χ4n) is 4.86. The molecular formula is C26H19FNS+. The smallest absolute Gasteiger partial charge is 0.207 e. The van der Waals surface area contributed by atoms with Crippen LogP contribution in [0, 0.1) is 19.7 Å². The van der Waals surface area contributed by atoms with E-state index in [1.165, 1.54) is 48.3 Å². The van der Waals surface area contributed by atoms with Gasteiger partial charge in [0.15, 0.2) is 6.20 Å². The molecule has 0 amide bonds. The Balaban J connectivity index is 1.87. The van der Waals surface area contributed by atoms with E-state index in [0.717, 1.165) is 16.2 Å². The molecule has 0 saturated carbocycles. The van der Waals surface area contributed by atoms with Crippen LogP contribution in [0.4, 0.5) is 4.39 Å². The Labute approximate surface area is 172 Å². The number of nitrogens with zero attached hydrogens (tertiary/aromatic N) is 1. The van der Waals surface area contributed by atoms with Gasteiger partial charge in [-0.15, -0.1) is 0 Å². The molecule has 0 radical (unpaired) electrons. The van der Waals surface area contributed by atoms with Crippen molar-refractivity contribution in [1.29, 1.82) is 0 Å². The zero-order valence-corrected chi connectivity index (χ0v) is 17.3. The van der Waals surface area contributed by atoms with Crippen molar-refractivity contribution in [3.05, 3.63) is 77.7 Å². The number of aromatic nitrogens is 1. The fourth-order valence-corrected chi connectivity index (χ4v) is 6.29. The van der Waals surface area contributed by atoms with E-state index in [9.17, 15) is 4.39 Å². The highest BCUT2D eigenvalue weighted by atomic mass is 32.2. The topological polar surface area (TPSA) is 3.88 Å². The molecule has 0 saturated heterocycles. The number of benzene rings is 4. The van der Waals surface area contributed by atoms with E-state index in [2.05, 4.69) is 68.1 Å². The van der Waals surface area contributed by atoms with Gasteiger partial charge in [-0.25, -0.2) is 8.96 Å². The lowest BCUT2D eigenvalue weighted by molar-refractivity contribution is -0.659. The molecular weight excluding hydrogens is 377 g/mol. The van der Waals surface area contributed by atoms with E-state index in [1.807, 2.05) is 17.8 Å². The van der Waals surface area contributed by atoms with E-state index in [0.29, 0.717) is 0 Å². The van der Waals surface area contributed by atoms with Crippen LogP contribution in [0.25, 0.3) is 43.6 Å². The Hall–Kier alpha value is -2.91. The second-order valence-corrected chi connectivity index (χ2v) is 8.93. The summed E-state index contributed by atoms with van der Waals surface area (Å²) in [4.78, 5) is 2.54. The van der Waals surface area contributed by atoms with Gasteiger partial charge < -0.3 is 0 Å². The average Bonchev–Trinajstić information content (AvgIpc) is 2.73. The van der Waals surface area contributed by atoms with Gasteiger partial charge in [-0.2, -0.15) is 0 Å². The summed E-state index contributed by atoms with van der Waals surface area (Å²) >= 11 is 1.84. The summed E-state index contributed by atoms with van der Waals surface area (Å²) < 4.78 is 16.2. The third kappa shape index (κ3) is 2.19. The molecule has 0 unspecified atom stereocenters. The molecule has 0 aliphatic carbocycles. The first kappa shape index (κ1) is 17.0. The molecule has 3 heteroatoms. The predicted octanol–water partition coefficient (Wildman–Crippen LogP) is 6.86. The van der Waals surface area contributed by atoms with Crippen LogP contribution >= 0.6 is 11.8 Å². The number of hydrogen-bond acceptors (Lipinski definition) is 1. The van der Waals surface area contributed by atoms with E-state index in [1.54, 1.807) is 12.1 Å². The maximum Gasteiger partial charge on any atom is 0.222 e. The van der Waals surface area contributed by atoms with E-state index < -0.39 is 0 Å². The third-order valence-electron chi connectivity index (χ3n) is 6.27. The highest BCUT2D eigenvalue weighted by Gasteiger charge is 2.31. The van der Waals surface area contributed by atoms with Crippen molar-refractivity contribution in [3.8, 4) is 11.3 Å². The van der Waals surface area contributed by atoms with Gasteiger partial charge in [0.25, 0.3) is 0 Å². The molecule has 5 aromatic rings. The molecule has 0 atom stereocenters. The normalized spacial score (nSPS) is 12.7. The zero-order valence-electron chi connectivity index (χ0n) is 16.5. The minimum absolute atomic E-state index is 0.190. The van der Waals surface area contributed by atoms with Gasteiger partial charge in [0.05, 0.1) is 10.9 Å². The zero-order chi connectivity index (χ0) is 19.9. The minimum Gasteiger partial charge on any atom is -0.207 e. The van der Waals surface area contributed by atoms with Gasteiger partial charge in [0.2, 0.25) is 5.69 Å². The van der Waals surface area contributed by atoms with Crippen molar-refractivity contribution in [2.75, 3.05) is 0 Å². The number of halogens is 1. The van der Waals surface area contributed by atoms with Crippen LogP contribution in [0.5, 0.6) is 0 Å². The molecule has 1 aliphatic rings. The second-order valence-electron chi connectivity index (χ2n) is 7.91. The molecule has 0 bridgehead atoms. The summed E-state index contributed by atoms with van der Waals surface area (Å²) in [6, 6.07) is 18.1. The molecule has 29 heavy (non-hydrogen) atoms. The van der Waals surface area contributed by atoms with Gasteiger partial charge in [0, 0.05) is 15.9 Å². The number of hydrogen-bond donors (Lipinski definition) is 0. The lowest BCUT2D eigenvalue weighted by atomic mass is 9.91. The Morgan fingerprint density at radius 2 is 1.55 bits per heavy atom. The molecule has 0 fully saturated rings. The summed E-state index contributed by atoms with van der Waals surface area (Å²) in [5.41, 5.74) is 5.21. The molecule has 0 spiro atoms. The molecule has 140 valence electrons. The molecule has 4 aromatic carbocycles. The van der Waals surface area contributed by atoms with Crippen molar-refractivity contribution in [1.82, 2.24) is 0 Å². The van der Waals surface area contributed by atoms with E-state index in [4.69, 9.17) is 0 Å². The van der Waals surface area contributed by atoms with Crippen LogP contribution < -0.4 is 4.57 Å². The average molecular weight is 397 g/mol. The van der Waals surface area contributed by atoms with Crippen molar-refractivity contribution in [2.24, 2.45) is 7.05 Å². The standard InChI is InChI=1S/C26H19FNS/c1-14-19-6-4-5-7-20(19)15(2)25-22(14)24-23-16(10-11-28(24)3)12-17-13-18(27)8-9-21(17)26(23)29-25/h4-13H,1-3H3/q+1. The summed E-state index contributed by atoms with van der Waals surface area (Å²) in [5.74, 6) is -0.190. The minimum atomic E-state index is -0.190. The highest BCUT2D eigenvalue weighted by molar-refractivity contribution is 8.00. The molecule has 1 aliphatic heterocycles. The van der Waals surface area contributed by atoms with Gasteiger partial charge >= 0.3 is 0 Å². The Morgan fingerprint density at radius 1 is 0.793 bits per heavy atom. The maximum atomic E-state index is 13.9. The number of aryl methyl sites for hydroxylation is 3. The lowest BCUT2D eigenvalue weighted by Crippen LogP contribution is -2.31. The summed E-state index contributed by atoms with van der Waals surface area (Å²) in [6.07, 6.45) is 2.12. The van der Waals surface area contributed by atoms with Crippen LogP contribution in [0.1, 0.15) is 11.1 Å². The van der Waals surface area contributed by atoms with Gasteiger partial charge in [-0.05, 0) is 70.1 Å². The van der Waals surface area contributed by atoms with Gasteiger partial charge in [-0.1, -0.05) is 42.1 Å². The molecule has 1 nitrogen and oxygen atoms in total. The fraction of sp³-hybridized carbons (Fsp3) is 0.115. The number of fused-ring (bicyclic) bond motifs is 5. The Bertz CT molecular complexity index is 1520. The van der Waals surface area contributed by atoms with E-state index in [-0.39, 0.29) is 5.82 Å². The Morgan fingerprint density at radius 3 is 2.34 bits per heavy atom. The first-order valence-corrected chi connectivity index (χ1v) is 10.6. The number of pyridine rings is 1. The van der Waals surface area contributed by atoms with Crippen LogP contribution in [0.15, 0.2) is 70.6 Å². The maximum absolute atomic E-state index is 13.9. The first-order chi connectivity index (χ1) is 14.0. The largest absolute Gasteiger partial charge is 0.222 e. The monoisotopic (exact) mass is 396 g/mol. The summed E-state index contributed by atoms with van der Waals surface area (Å²) in [7, 11) is 2.12. The molecule has 0 N–H and O–H groups in total.